The summed E-state index contributed by atoms with van der Waals surface area (Å²) in [5, 5.41) is 3.53. The maximum absolute atomic E-state index is 3.53. The SMILES string of the molecule is Cc1cc(C)cc(CN(CC2CCCNC2)C(C)C)c1. The van der Waals surface area contributed by atoms with Crippen molar-refractivity contribution in [1.29, 1.82) is 0 Å². The minimum atomic E-state index is 0.609. The van der Waals surface area contributed by atoms with Gasteiger partial charge in [-0.15, -0.1) is 0 Å². The van der Waals surface area contributed by atoms with Crippen LogP contribution in [0.15, 0.2) is 18.2 Å². The van der Waals surface area contributed by atoms with E-state index in [0.29, 0.717) is 6.04 Å². The number of hydrogen-bond acceptors (Lipinski definition) is 2. The van der Waals surface area contributed by atoms with Crippen molar-refractivity contribution >= 4 is 0 Å². The Labute approximate surface area is 124 Å². The largest absolute Gasteiger partial charge is 0.316 e. The van der Waals surface area contributed by atoms with Crippen molar-refractivity contribution < 1.29 is 0 Å². The molecule has 1 aliphatic heterocycles. The number of rotatable bonds is 5. The minimum Gasteiger partial charge on any atom is -0.316 e. The van der Waals surface area contributed by atoms with Crippen molar-refractivity contribution in [3.05, 3.63) is 34.9 Å². The third-order valence-corrected chi connectivity index (χ3v) is 4.29. The van der Waals surface area contributed by atoms with Crippen LogP contribution in [0.25, 0.3) is 0 Å². The van der Waals surface area contributed by atoms with Gasteiger partial charge in [0.25, 0.3) is 0 Å². The van der Waals surface area contributed by atoms with Gasteiger partial charge in [0.1, 0.15) is 0 Å². The molecule has 1 aromatic carbocycles. The van der Waals surface area contributed by atoms with Crippen molar-refractivity contribution in [2.75, 3.05) is 19.6 Å². The van der Waals surface area contributed by atoms with Crippen LogP contribution in [0.1, 0.15) is 43.4 Å². The number of piperidine rings is 1. The molecule has 1 aliphatic rings. The Bertz CT molecular complexity index is 399. The van der Waals surface area contributed by atoms with Crippen LogP contribution in [-0.2, 0) is 6.54 Å². The molecule has 0 aromatic heterocycles. The van der Waals surface area contributed by atoms with Crippen molar-refractivity contribution in [3.63, 3.8) is 0 Å². The molecule has 1 saturated heterocycles. The molecule has 1 aromatic rings. The zero-order valence-corrected chi connectivity index (χ0v) is 13.6. The highest BCUT2D eigenvalue weighted by Crippen LogP contribution is 2.17. The summed E-state index contributed by atoms with van der Waals surface area (Å²) < 4.78 is 0. The highest BCUT2D eigenvalue weighted by Gasteiger charge is 2.19. The zero-order chi connectivity index (χ0) is 14.5. The van der Waals surface area contributed by atoms with E-state index < -0.39 is 0 Å². The monoisotopic (exact) mass is 274 g/mol. The summed E-state index contributed by atoms with van der Waals surface area (Å²) in [5.41, 5.74) is 4.21. The van der Waals surface area contributed by atoms with Crippen LogP contribution in [0.4, 0.5) is 0 Å². The molecule has 1 unspecified atom stereocenters. The van der Waals surface area contributed by atoms with E-state index in [1.807, 2.05) is 0 Å². The van der Waals surface area contributed by atoms with E-state index in [-0.39, 0.29) is 0 Å². The standard InChI is InChI=1S/C18H30N2/c1-14(2)20(12-17-6-5-7-19-11-17)13-18-9-15(3)8-16(4)10-18/h8-10,14,17,19H,5-7,11-13H2,1-4H3. The molecule has 20 heavy (non-hydrogen) atoms. The fraction of sp³-hybridized carbons (Fsp3) is 0.667. The molecule has 0 amide bonds. The Kier molecular flexibility index (Phi) is 5.62. The molecule has 0 radical (unpaired) electrons. The van der Waals surface area contributed by atoms with Gasteiger partial charge in [-0.25, -0.2) is 0 Å². The van der Waals surface area contributed by atoms with E-state index in [9.17, 15) is 0 Å². The smallest absolute Gasteiger partial charge is 0.0236 e. The first-order valence-electron chi connectivity index (χ1n) is 8.06. The van der Waals surface area contributed by atoms with E-state index in [2.05, 4.69) is 56.1 Å². The number of nitrogens with one attached hydrogen (secondary N) is 1. The summed E-state index contributed by atoms with van der Waals surface area (Å²) >= 11 is 0. The third-order valence-electron chi connectivity index (χ3n) is 4.29. The van der Waals surface area contributed by atoms with Gasteiger partial charge in [0.15, 0.2) is 0 Å². The first-order valence-corrected chi connectivity index (χ1v) is 8.06. The van der Waals surface area contributed by atoms with Gasteiger partial charge in [-0.2, -0.15) is 0 Å². The first-order chi connectivity index (χ1) is 9.54. The maximum atomic E-state index is 3.53. The Morgan fingerprint density at radius 1 is 1.20 bits per heavy atom. The van der Waals surface area contributed by atoms with Gasteiger partial charge < -0.3 is 5.32 Å². The quantitative estimate of drug-likeness (QED) is 0.884. The van der Waals surface area contributed by atoms with Gasteiger partial charge in [0, 0.05) is 19.1 Å². The van der Waals surface area contributed by atoms with Crippen molar-refractivity contribution in [3.8, 4) is 0 Å². The van der Waals surface area contributed by atoms with Crippen molar-refractivity contribution in [2.24, 2.45) is 5.92 Å². The molecule has 0 aliphatic carbocycles. The second-order valence-corrected chi connectivity index (χ2v) is 6.73. The number of benzene rings is 1. The summed E-state index contributed by atoms with van der Waals surface area (Å²) in [6, 6.07) is 7.54. The van der Waals surface area contributed by atoms with E-state index in [1.165, 1.54) is 49.2 Å². The molecule has 1 heterocycles. The molecular formula is C18H30N2. The molecule has 1 N–H and O–H groups in total. The predicted octanol–water partition coefficient (Wildman–Crippen LogP) is 3.51. The number of aryl methyl sites for hydroxylation is 2. The lowest BCUT2D eigenvalue weighted by Gasteiger charge is -2.33. The predicted molar refractivity (Wildman–Crippen MR) is 87.1 cm³/mol. The lowest BCUT2D eigenvalue weighted by Crippen LogP contribution is -2.40. The minimum absolute atomic E-state index is 0.609. The average Bonchev–Trinajstić information content (AvgIpc) is 2.38. The molecule has 0 spiro atoms. The van der Waals surface area contributed by atoms with E-state index in [0.717, 1.165) is 12.5 Å². The topological polar surface area (TPSA) is 15.3 Å². The van der Waals surface area contributed by atoms with Crippen LogP contribution in [0, 0.1) is 19.8 Å². The Morgan fingerprint density at radius 3 is 2.45 bits per heavy atom. The highest BCUT2D eigenvalue weighted by molar-refractivity contribution is 5.28. The van der Waals surface area contributed by atoms with Crippen LogP contribution >= 0.6 is 0 Å². The zero-order valence-electron chi connectivity index (χ0n) is 13.6. The lowest BCUT2D eigenvalue weighted by atomic mass is 9.98. The van der Waals surface area contributed by atoms with Crippen molar-refractivity contribution in [2.45, 2.75) is 53.1 Å². The fourth-order valence-electron chi connectivity index (χ4n) is 3.26. The van der Waals surface area contributed by atoms with Crippen LogP contribution in [0.5, 0.6) is 0 Å². The van der Waals surface area contributed by atoms with Gasteiger partial charge in [-0.1, -0.05) is 29.3 Å². The molecule has 2 heteroatoms. The first kappa shape index (κ1) is 15.5. The van der Waals surface area contributed by atoms with Gasteiger partial charge in [-0.05, 0) is 65.1 Å². The summed E-state index contributed by atoms with van der Waals surface area (Å²) in [4.78, 5) is 2.63. The van der Waals surface area contributed by atoms with Gasteiger partial charge in [0.2, 0.25) is 0 Å². The summed E-state index contributed by atoms with van der Waals surface area (Å²) in [6.07, 6.45) is 2.71. The summed E-state index contributed by atoms with van der Waals surface area (Å²) in [6.45, 7) is 13.7. The molecule has 1 atom stereocenters. The molecule has 0 bridgehead atoms. The molecule has 2 rings (SSSR count). The van der Waals surface area contributed by atoms with Crippen molar-refractivity contribution in [1.82, 2.24) is 10.2 Å². The van der Waals surface area contributed by atoms with Crippen LogP contribution < -0.4 is 5.32 Å². The highest BCUT2D eigenvalue weighted by atomic mass is 15.1. The Balaban J connectivity index is 2.00. The summed E-state index contributed by atoms with van der Waals surface area (Å²) in [5.74, 6) is 0.817. The van der Waals surface area contributed by atoms with E-state index in [1.54, 1.807) is 0 Å². The summed E-state index contributed by atoms with van der Waals surface area (Å²) in [7, 11) is 0. The molecule has 112 valence electrons. The van der Waals surface area contributed by atoms with Crippen LogP contribution in [0.2, 0.25) is 0 Å². The van der Waals surface area contributed by atoms with E-state index >= 15 is 0 Å². The van der Waals surface area contributed by atoms with E-state index in [4.69, 9.17) is 0 Å². The van der Waals surface area contributed by atoms with Crippen LogP contribution in [0.3, 0.4) is 0 Å². The fourth-order valence-corrected chi connectivity index (χ4v) is 3.26. The van der Waals surface area contributed by atoms with Gasteiger partial charge in [0.05, 0.1) is 0 Å². The second kappa shape index (κ2) is 7.24. The maximum Gasteiger partial charge on any atom is 0.0236 e. The molecule has 2 nitrogen and oxygen atoms in total. The molecular weight excluding hydrogens is 244 g/mol. The lowest BCUT2D eigenvalue weighted by molar-refractivity contribution is 0.164. The Hall–Kier alpha value is -0.860. The number of hydrogen-bond donors (Lipinski definition) is 1. The second-order valence-electron chi connectivity index (χ2n) is 6.73. The average molecular weight is 274 g/mol. The third kappa shape index (κ3) is 4.60. The Morgan fingerprint density at radius 2 is 1.90 bits per heavy atom. The van der Waals surface area contributed by atoms with Crippen LogP contribution in [-0.4, -0.2) is 30.6 Å². The normalized spacial score (nSPS) is 19.8. The molecule has 0 saturated carbocycles. The van der Waals surface area contributed by atoms with Gasteiger partial charge >= 0.3 is 0 Å². The van der Waals surface area contributed by atoms with Gasteiger partial charge in [-0.3, -0.25) is 4.90 Å². The number of nitrogens with zero attached hydrogens (tertiary/aromatic N) is 1. The molecule has 1 fully saturated rings.